The van der Waals surface area contributed by atoms with Crippen LogP contribution >= 0.6 is 0 Å². The molecular formula is C24H30N6O2. The molecule has 2 aliphatic carbocycles. The number of aromatic amines is 1. The lowest BCUT2D eigenvalue weighted by Gasteiger charge is -2.32. The van der Waals surface area contributed by atoms with E-state index in [1.54, 1.807) is 20.4 Å². The van der Waals surface area contributed by atoms with Crippen LogP contribution < -0.4 is 4.74 Å². The van der Waals surface area contributed by atoms with E-state index in [0.717, 1.165) is 54.5 Å². The van der Waals surface area contributed by atoms with Gasteiger partial charge >= 0.3 is 0 Å². The monoisotopic (exact) mass is 434 g/mol. The number of fused-ring (bicyclic) bond motifs is 1. The highest BCUT2D eigenvalue weighted by Gasteiger charge is 2.41. The smallest absolute Gasteiger partial charge is 0.213 e. The number of methoxy groups -OCH3 is 2. The highest BCUT2D eigenvalue weighted by molar-refractivity contribution is 5.86. The second-order valence-electron chi connectivity index (χ2n) is 8.95. The molecule has 0 saturated heterocycles. The fourth-order valence-electron chi connectivity index (χ4n) is 5.57. The summed E-state index contributed by atoms with van der Waals surface area (Å²) < 4.78 is 11.2. The molecule has 0 aromatic carbocycles. The van der Waals surface area contributed by atoms with E-state index in [-0.39, 0.29) is 5.41 Å². The Hall–Kier alpha value is -2.87. The number of aromatic nitrogens is 6. The van der Waals surface area contributed by atoms with Crippen molar-refractivity contribution in [2.75, 3.05) is 20.8 Å². The summed E-state index contributed by atoms with van der Waals surface area (Å²) in [6.45, 7) is 0.645. The molecule has 1 N–H and O–H groups in total. The summed E-state index contributed by atoms with van der Waals surface area (Å²) in [6, 6.07) is 4.06. The summed E-state index contributed by atoms with van der Waals surface area (Å²) in [5.41, 5.74) is 6.68. The number of ether oxygens (including phenoxy) is 2. The van der Waals surface area contributed by atoms with Crippen LogP contribution in [0, 0.1) is 0 Å². The Labute approximate surface area is 188 Å². The van der Waals surface area contributed by atoms with Crippen LogP contribution in [0.5, 0.6) is 5.88 Å². The summed E-state index contributed by atoms with van der Waals surface area (Å²) in [5, 5.41) is 15.2. The number of aryl methyl sites for hydroxylation is 1. The molecule has 1 fully saturated rings. The van der Waals surface area contributed by atoms with Crippen LogP contribution in [0.15, 0.2) is 18.3 Å². The molecule has 168 valence electrons. The lowest BCUT2D eigenvalue weighted by molar-refractivity contribution is 0.129. The molecular weight excluding hydrogens is 404 g/mol. The van der Waals surface area contributed by atoms with Crippen molar-refractivity contribution < 1.29 is 9.47 Å². The van der Waals surface area contributed by atoms with Gasteiger partial charge in [0.2, 0.25) is 5.88 Å². The van der Waals surface area contributed by atoms with Gasteiger partial charge in [-0.1, -0.05) is 19.3 Å². The predicted octanol–water partition coefficient (Wildman–Crippen LogP) is 4.06. The van der Waals surface area contributed by atoms with Crippen molar-refractivity contribution >= 4 is 0 Å². The van der Waals surface area contributed by atoms with Gasteiger partial charge in [-0.2, -0.15) is 0 Å². The third-order valence-electron chi connectivity index (χ3n) is 7.02. The standard InChI is InChI=1S/C24H30N6O2/c1-31-15-24(11-6-7-12-24)22-21(23-27-29-30-28-23)20(16-10-13-25-19(14-16)32-2)17-8-4-3-5-9-18(17)26-22/h10,13-14H,3-9,11-12,15H2,1-2H3,(H,27,28,29,30). The SMILES string of the molecule is COCC1(c2nc3c(c(-c4ccnc(OC)c4)c2-c2nnn[nH]2)CCCCC3)CCCC1. The third kappa shape index (κ3) is 3.66. The van der Waals surface area contributed by atoms with Crippen LogP contribution in [0.2, 0.25) is 0 Å². The van der Waals surface area contributed by atoms with Crippen LogP contribution in [0.1, 0.15) is 61.9 Å². The van der Waals surface area contributed by atoms with Gasteiger partial charge in [0.15, 0.2) is 5.82 Å². The van der Waals surface area contributed by atoms with Gasteiger partial charge in [0, 0.05) is 30.5 Å². The van der Waals surface area contributed by atoms with E-state index in [1.807, 2.05) is 6.07 Å². The van der Waals surface area contributed by atoms with Gasteiger partial charge in [0.05, 0.1) is 25.0 Å². The molecule has 0 atom stereocenters. The molecule has 2 aliphatic rings. The van der Waals surface area contributed by atoms with E-state index >= 15 is 0 Å². The quantitative estimate of drug-likeness (QED) is 0.584. The molecule has 3 aromatic rings. The van der Waals surface area contributed by atoms with E-state index < -0.39 is 0 Å². The number of pyridine rings is 2. The minimum Gasteiger partial charge on any atom is -0.481 e. The Morgan fingerprint density at radius 2 is 1.88 bits per heavy atom. The molecule has 3 heterocycles. The van der Waals surface area contributed by atoms with Crippen molar-refractivity contribution in [3.05, 3.63) is 35.3 Å². The molecule has 1 saturated carbocycles. The second kappa shape index (κ2) is 8.94. The van der Waals surface area contributed by atoms with Crippen LogP contribution in [-0.2, 0) is 23.0 Å². The first-order valence-corrected chi connectivity index (χ1v) is 11.6. The highest BCUT2D eigenvalue weighted by Crippen LogP contribution is 2.48. The summed E-state index contributed by atoms with van der Waals surface area (Å²) in [4.78, 5) is 9.73. The maximum atomic E-state index is 5.77. The number of hydrogen-bond acceptors (Lipinski definition) is 7. The maximum absolute atomic E-state index is 5.77. The van der Waals surface area contributed by atoms with Crippen molar-refractivity contribution in [3.63, 3.8) is 0 Å². The molecule has 5 rings (SSSR count). The van der Waals surface area contributed by atoms with Gasteiger partial charge in [-0.05, 0) is 71.7 Å². The van der Waals surface area contributed by atoms with Crippen LogP contribution in [-0.4, -0.2) is 51.4 Å². The molecule has 3 aromatic heterocycles. The van der Waals surface area contributed by atoms with Crippen molar-refractivity contribution in [1.82, 2.24) is 30.6 Å². The summed E-state index contributed by atoms with van der Waals surface area (Å²) in [7, 11) is 3.44. The fourth-order valence-corrected chi connectivity index (χ4v) is 5.57. The molecule has 8 nitrogen and oxygen atoms in total. The lowest BCUT2D eigenvalue weighted by atomic mass is 9.77. The normalized spacial score (nSPS) is 17.7. The fraction of sp³-hybridized carbons (Fsp3) is 0.542. The maximum Gasteiger partial charge on any atom is 0.213 e. The molecule has 32 heavy (non-hydrogen) atoms. The average molecular weight is 435 g/mol. The van der Waals surface area contributed by atoms with E-state index in [2.05, 4.69) is 31.7 Å². The topological polar surface area (TPSA) is 98.7 Å². The number of nitrogens with one attached hydrogen (secondary N) is 1. The highest BCUT2D eigenvalue weighted by atomic mass is 16.5. The van der Waals surface area contributed by atoms with E-state index in [1.165, 1.54) is 36.9 Å². The molecule has 0 spiro atoms. The Bertz CT molecular complexity index is 1080. The first-order chi connectivity index (χ1) is 15.8. The second-order valence-corrected chi connectivity index (χ2v) is 8.95. The van der Waals surface area contributed by atoms with Gasteiger partial charge in [-0.25, -0.2) is 10.1 Å². The molecule has 0 unspecified atom stereocenters. The average Bonchev–Trinajstić information content (AvgIpc) is 3.47. The first kappa shape index (κ1) is 21.0. The Balaban J connectivity index is 1.86. The molecule has 0 radical (unpaired) electrons. The first-order valence-electron chi connectivity index (χ1n) is 11.6. The van der Waals surface area contributed by atoms with E-state index in [9.17, 15) is 0 Å². The largest absolute Gasteiger partial charge is 0.481 e. The zero-order valence-electron chi connectivity index (χ0n) is 18.9. The zero-order chi connectivity index (χ0) is 22.0. The van der Waals surface area contributed by atoms with Crippen molar-refractivity contribution in [3.8, 4) is 28.4 Å². The van der Waals surface area contributed by atoms with Gasteiger partial charge in [0.1, 0.15) is 0 Å². The molecule has 8 heteroatoms. The van der Waals surface area contributed by atoms with Crippen molar-refractivity contribution in [2.45, 2.75) is 63.2 Å². The minimum absolute atomic E-state index is 0.135. The summed E-state index contributed by atoms with van der Waals surface area (Å²) in [6.07, 6.45) is 11.8. The van der Waals surface area contributed by atoms with Crippen molar-refractivity contribution in [2.24, 2.45) is 0 Å². The van der Waals surface area contributed by atoms with Gasteiger partial charge < -0.3 is 9.47 Å². The van der Waals surface area contributed by atoms with Crippen molar-refractivity contribution in [1.29, 1.82) is 0 Å². The number of tetrazole rings is 1. The number of rotatable bonds is 6. The zero-order valence-corrected chi connectivity index (χ0v) is 18.9. The summed E-state index contributed by atoms with van der Waals surface area (Å²) >= 11 is 0. The number of H-pyrrole nitrogens is 1. The van der Waals surface area contributed by atoms with E-state index in [0.29, 0.717) is 18.3 Å². The molecule has 0 aliphatic heterocycles. The van der Waals surface area contributed by atoms with Crippen LogP contribution in [0.25, 0.3) is 22.5 Å². The van der Waals surface area contributed by atoms with Gasteiger partial charge in [-0.3, -0.25) is 4.98 Å². The predicted molar refractivity (Wildman–Crippen MR) is 120 cm³/mol. The van der Waals surface area contributed by atoms with Crippen LogP contribution in [0.3, 0.4) is 0 Å². The summed E-state index contributed by atoms with van der Waals surface area (Å²) in [5.74, 6) is 1.25. The minimum atomic E-state index is -0.135. The molecule has 0 amide bonds. The Morgan fingerprint density at radius 3 is 2.62 bits per heavy atom. The Kier molecular flexibility index (Phi) is 5.87. The lowest BCUT2D eigenvalue weighted by Crippen LogP contribution is -2.31. The number of hydrogen-bond donors (Lipinski definition) is 1. The van der Waals surface area contributed by atoms with E-state index in [4.69, 9.17) is 14.5 Å². The van der Waals surface area contributed by atoms with Gasteiger partial charge in [0.25, 0.3) is 0 Å². The number of nitrogens with zero attached hydrogens (tertiary/aromatic N) is 5. The molecule has 0 bridgehead atoms. The third-order valence-corrected chi connectivity index (χ3v) is 7.02. The van der Waals surface area contributed by atoms with Gasteiger partial charge in [-0.15, -0.1) is 5.10 Å². The Morgan fingerprint density at radius 1 is 1.03 bits per heavy atom. The van der Waals surface area contributed by atoms with Crippen LogP contribution in [0.4, 0.5) is 0 Å².